The van der Waals surface area contributed by atoms with E-state index >= 15 is 0 Å². The standard InChI is InChI=1S/C17H34N2/c1-14-9-10-15(2)17(11-14,13-18)19(3)12-16-7-5-4-6-8-16/h14-16H,4-13,18H2,1-3H3. The van der Waals surface area contributed by atoms with Gasteiger partial charge in [-0.25, -0.2) is 0 Å². The Bertz CT molecular complexity index is 272. The number of rotatable bonds is 4. The number of nitrogens with zero attached hydrogens (tertiary/aromatic N) is 1. The van der Waals surface area contributed by atoms with Crippen LogP contribution >= 0.6 is 0 Å². The van der Waals surface area contributed by atoms with Crippen LogP contribution in [0, 0.1) is 17.8 Å². The quantitative estimate of drug-likeness (QED) is 0.841. The van der Waals surface area contributed by atoms with Crippen LogP contribution in [-0.2, 0) is 0 Å². The normalized spacial score (nSPS) is 37.7. The highest BCUT2D eigenvalue weighted by atomic mass is 15.2. The Morgan fingerprint density at radius 1 is 1.05 bits per heavy atom. The monoisotopic (exact) mass is 266 g/mol. The second-order valence-electron chi connectivity index (χ2n) is 7.48. The molecule has 0 saturated heterocycles. The molecule has 0 aromatic heterocycles. The minimum atomic E-state index is 0.273. The number of hydrogen-bond acceptors (Lipinski definition) is 2. The number of hydrogen-bond donors (Lipinski definition) is 1. The molecule has 0 radical (unpaired) electrons. The van der Waals surface area contributed by atoms with Gasteiger partial charge < -0.3 is 5.73 Å². The zero-order chi connectivity index (χ0) is 13.9. The first-order valence-electron chi connectivity index (χ1n) is 8.50. The van der Waals surface area contributed by atoms with Gasteiger partial charge in [0.05, 0.1) is 0 Å². The topological polar surface area (TPSA) is 29.3 Å². The van der Waals surface area contributed by atoms with Crippen molar-refractivity contribution in [3.05, 3.63) is 0 Å². The van der Waals surface area contributed by atoms with Crippen molar-refractivity contribution in [2.24, 2.45) is 23.5 Å². The average Bonchev–Trinajstić information content (AvgIpc) is 2.42. The van der Waals surface area contributed by atoms with Crippen LogP contribution in [0.5, 0.6) is 0 Å². The highest BCUT2D eigenvalue weighted by Gasteiger charge is 2.43. The summed E-state index contributed by atoms with van der Waals surface area (Å²) in [6.45, 7) is 6.94. The molecular formula is C17H34N2. The summed E-state index contributed by atoms with van der Waals surface area (Å²) in [5, 5.41) is 0. The van der Waals surface area contributed by atoms with E-state index in [0.29, 0.717) is 0 Å². The molecule has 0 bridgehead atoms. The SMILES string of the molecule is CC1CCC(C)C(CN)(N(C)CC2CCCCC2)C1. The van der Waals surface area contributed by atoms with Gasteiger partial charge in [-0.3, -0.25) is 4.90 Å². The minimum Gasteiger partial charge on any atom is -0.329 e. The lowest BCUT2D eigenvalue weighted by molar-refractivity contribution is 0.00168. The van der Waals surface area contributed by atoms with Crippen molar-refractivity contribution in [1.29, 1.82) is 0 Å². The molecular weight excluding hydrogens is 232 g/mol. The Morgan fingerprint density at radius 3 is 2.37 bits per heavy atom. The molecule has 0 heterocycles. The maximum absolute atomic E-state index is 6.26. The van der Waals surface area contributed by atoms with Crippen LogP contribution in [0.4, 0.5) is 0 Å². The molecule has 2 fully saturated rings. The van der Waals surface area contributed by atoms with Gasteiger partial charge >= 0.3 is 0 Å². The van der Waals surface area contributed by atoms with E-state index in [1.54, 1.807) is 0 Å². The first-order chi connectivity index (χ1) is 9.08. The van der Waals surface area contributed by atoms with Crippen molar-refractivity contribution < 1.29 is 0 Å². The van der Waals surface area contributed by atoms with Gasteiger partial charge in [-0.15, -0.1) is 0 Å². The van der Waals surface area contributed by atoms with E-state index in [4.69, 9.17) is 5.73 Å². The fraction of sp³-hybridized carbons (Fsp3) is 1.00. The summed E-state index contributed by atoms with van der Waals surface area (Å²) in [4.78, 5) is 2.66. The highest BCUT2D eigenvalue weighted by molar-refractivity contribution is 4.99. The molecule has 2 saturated carbocycles. The fourth-order valence-corrected chi connectivity index (χ4v) is 4.62. The third kappa shape index (κ3) is 3.33. The summed E-state index contributed by atoms with van der Waals surface area (Å²) >= 11 is 0. The molecule has 2 N–H and O–H groups in total. The molecule has 2 heteroatoms. The van der Waals surface area contributed by atoms with Crippen LogP contribution in [0.1, 0.15) is 65.2 Å². The minimum absolute atomic E-state index is 0.273. The average molecular weight is 266 g/mol. The molecule has 112 valence electrons. The summed E-state index contributed by atoms with van der Waals surface area (Å²) in [5.41, 5.74) is 6.53. The van der Waals surface area contributed by atoms with Crippen molar-refractivity contribution >= 4 is 0 Å². The van der Waals surface area contributed by atoms with Gasteiger partial charge in [0, 0.05) is 18.6 Å². The highest BCUT2D eigenvalue weighted by Crippen LogP contribution is 2.40. The molecule has 0 aromatic rings. The maximum Gasteiger partial charge on any atom is 0.0356 e. The predicted octanol–water partition coefficient (Wildman–Crippen LogP) is 3.65. The van der Waals surface area contributed by atoms with Gasteiger partial charge in [-0.2, -0.15) is 0 Å². The maximum atomic E-state index is 6.26. The molecule has 0 amide bonds. The van der Waals surface area contributed by atoms with E-state index in [0.717, 1.165) is 24.3 Å². The molecule has 3 atom stereocenters. The van der Waals surface area contributed by atoms with Gasteiger partial charge in [-0.1, -0.05) is 39.5 Å². The fourth-order valence-electron chi connectivity index (χ4n) is 4.62. The van der Waals surface area contributed by atoms with E-state index in [1.165, 1.54) is 57.9 Å². The van der Waals surface area contributed by atoms with Gasteiger partial charge in [0.2, 0.25) is 0 Å². The van der Waals surface area contributed by atoms with Crippen molar-refractivity contribution in [3.63, 3.8) is 0 Å². The van der Waals surface area contributed by atoms with E-state index in [-0.39, 0.29) is 5.54 Å². The second kappa shape index (κ2) is 6.58. The predicted molar refractivity (Wildman–Crippen MR) is 83.2 cm³/mol. The Hall–Kier alpha value is -0.0800. The molecule has 2 aliphatic carbocycles. The molecule has 0 aromatic carbocycles. The van der Waals surface area contributed by atoms with Crippen LogP contribution in [0.3, 0.4) is 0 Å². The summed E-state index contributed by atoms with van der Waals surface area (Å²) < 4.78 is 0. The van der Waals surface area contributed by atoms with Crippen molar-refractivity contribution in [2.75, 3.05) is 20.1 Å². The molecule has 0 aliphatic heterocycles. The van der Waals surface area contributed by atoms with Crippen molar-refractivity contribution in [1.82, 2.24) is 4.90 Å². The van der Waals surface area contributed by atoms with E-state index in [9.17, 15) is 0 Å². The number of likely N-dealkylation sites (N-methyl/N-ethyl adjacent to an activating group) is 1. The van der Waals surface area contributed by atoms with Crippen LogP contribution in [0.2, 0.25) is 0 Å². The lowest BCUT2D eigenvalue weighted by Gasteiger charge is -2.51. The summed E-state index contributed by atoms with van der Waals surface area (Å²) in [6.07, 6.45) is 11.3. The molecule has 2 aliphatic rings. The van der Waals surface area contributed by atoms with Crippen LogP contribution < -0.4 is 5.73 Å². The summed E-state index contributed by atoms with van der Waals surface area (Å²) in [6, 6.07) is 0. The van der Waals surface area contributed by atoms with E-state index in [1.807, 2.05) is 0 Å². The molecule has 2 nitrogen and oxygen atoms in total. The molecule has 19 heavy (non-hydrogen) atoms. The Labute approximate surface area is 120 Å². The van der Waals surface area contributed by atoms with Gasteiger partial charge in [0.25, 0.3) is 0 Å². The Morgan fingerprint density at radius 2 is 1.74 bits per heavy atom. The van der Waals surface area contributed by atoms with Gasteiger partial charge in [0.1, 0.15) is 0 Å². The van der Waals surface area contributed by atoms with Gasteiger partial charge in [0.15, 0.2) is 0 Å². The van der Waals surface area contributed by atoms with Crippen LogP contribution in [0.15, 0.2) is 0 Å². The molecule has 0 spiro atoms. The summed E-state index contributed by atoms with van der Waals surface area (Å²) in [7, 11) is 2.34. The molecule has 3 unspecified atom stereocenters. The first-order valence-corrected chi connectivity index (χ1v) is 8.50. The largest absolute Gasteiger partial charge is 0.329 e. The van der Waals surface area contributed by atoms with Gasteiger partial charge in [-0.05, 0) is 50.5 Å². The number of nitrogens with two attached hydrogens (primary N) is 1. The Kier molecular flexibility index (Phi) is 5.30. The van der Waals surface area contributed by atoms with Crippen LogP contribution in [0.25, 0.3) is 0 Å². The third-order valence-corrected chi connectivity index (χ3v) is 6.08. The van der Waals surface area contributed by atoms with E-state index < -0.39 is 0 Å². The van der Waals surface area contributed by atoms with Crippen molar-refractivity contribution in [3.8, 4) is 0 Å². The zero-order valence-electron chi connectivity index (χ0n) is 13.3. The second-order valence-corrected chi connectivity index (χ2v) is 7.48. The van der Waals surface area contributed by atoms with Crippen LogP contribution in [-0.4, -0.2) is 30.6 Å². The third-order valence-electron chi connectivity index (χ3n) is 6.08. The van der Waals surface area contributed by atoms with Crippen molar-refractivity contribution in [2.45, 2.75) is 70.8 Å². The lowest BCUT2D eigenvalue weighted by atomic mass is 9.68. The molecule has 2 rings (SSSR count). The first kappa shape index (κ1) is 15.3. The smallest absolute Gasteiger partial charge is 0.0356 e. The van der Waals surface area contributed by atoms with E-state index in [2.05, 4.69) is 25.8 Å². The summed E-state index contributed by atoms with van der Waals surface area (Å²) in [5.74, 6) is 2.52. The lowest BCUT2D eigenvalue weighted by Crippen LogP contribution is -2.60. The Balaban J connectivity index is 2.01. The zero-order valence-corrected chi connectivity index (χ0v) is 13.3.